The minimum Gasteiger partial charge on any atom is -0.351 e. The van der Waals surface area contributed by atoms with Crippen molar-refractivity contribution in [2.24, 2.45) is 11.8 Å². The molecular formula is C18H24N2O2. The van der Waals surface area contributed by atoms with Crippen LogP contribution in [0.3, 0.4) is 0 Å². The maximum Gasteiger partial charge on any atom is 0.225 e. The smallest absolute Gasteiger partial charge is 0.225 e. The van der Waals surface area contributed by atoms with Crippen LogP contribution in [0.2, 0.25) is 0 Å². The molecule has 0 spiro atoms. The Morgan fingerprint density at radius 2 is 1.77 bits per heavy atom. The average molecular weight is 300 g/mol. The molecule has 0 heterocycles. The summed E-state index contributed by atoms with van der Waals surface area (Å²) < 4.78 is 0. The van der Waals surface area contributed by atoms with Crippen molar-refractivity contribution >= 4 is 11.8 Å². The summed E-state index contributed by atoms with van der Waals surface area (Å²) >= 11 is 0. The standard InChI is InChI=1S/C18H24N2O2/c1-20(18(22)15-9-10-15)12-16(19-17(21)14-7-8-14)11-13-5-3-2-4-6-13/h2-6,14-16H,7-12H2,1H3,(H,19,21)/t16-/m1/s1. The minimum absolute atomic E-state index is 0.0109. The van der Waals surface area contributed by atoms with E-state index in [1.165, 1.54) is 5.56 Å². The molecule has 4 nitrogen and oxygen atoms in total. The summed E-state index contributed by atoms with van der Waals surface area (Å²) in [6.07, 6.45) is 4.80. The highest BCUT2D eigenvalue weighted by molar-refractivity contribution is 5.82. The van der Waals surface area contributed by atoms with E-state index in [9.17, 15) is 9.59 Å². The van der Waals surface area contributed by atoms with Crippen LogP contribution >= 0.6 is 0 Å². The van der Waals surface area contributed by atoms with Gasteiger partial charge in [-0.1, -0.05) is 30.3 Å². The molecule has 2 aliphatic rings. The molecule has 1 aromatic rings. The van der Waals surface area contributed by atoms with E-state index in [-0.39, 0.29) is 29.7 Å². The molecule has 2 aliphatic carbocycles. The number of nitrogens with one attached hydrogen (secondary N) is 1. The summed E-state index contributed by atoms with van der Waals surface area (Å²) in [4.78, 5) is 26.0. The lowest BCUT2D eigenvalue weighted by molar-refractivity contribution is -0.132. The van der Waals surface area contributed by atoms with Crippen LogP contribution in [0, 0.1) is 11.8 Å². The molecule has 3 rings (SSSR count). The normalized spacial score (nSPS) is 18.6. The number of hydrogen-bond acceptors (Lipinski definition) is 2. The fourth-order valence-corrected chi connectivity index (χ4v) is 2.79. The van der Waals surface area contributed by atoms with E-state index in [0.29, 0.717) is 6.54 Å². The molecule has 0 unspecified atom stereocenters. The van der Waals surface area contributed by atoms with Gasteiger partial charge in [-0.15, -0.1) is 0 Å². The van der Waals surface area contributed by atoms with E-state index in [1.807, 2.05) is 25.2 Å². The van der Waals surface area contributed by atoms with Crippen molar-refractivity contribution < 1.29 is 9.59 Å². The van der Waals surface area contributed by atoms with Crippen molar-refractivity contribution in [3.8, 4) is 0 Å². The minimum atomic E-state index is -0.0109. The lowest BCUT2D eigenvalue weighted by Crippen LogP contribution is -2.46. The number of amides is 2. The van der Waals surface area contributed by atoms with Gasteiger partial charge in [0.15, 0.2) is 0 Å². The van der Waals surface area contributed by atoms with Gasteiger partial charge < -0.3 is 10.2 Å². The van der Waals surface area contributed by atoms with Crippen molar-refractivity contribution in [3.05, 3.63) is 35.9 Å². The summed E-state index contributed by atoms with van der Waals surface area (Å²) in [7, 11) is 1.85. The zero-order chi connectivity index (χ0) is 15.5. The average Bonchev–Trinajstić information content (AvgIpc) is 3.40. The van der Waals surface area contributed by atoms with Gasteiger partial charge in [0, 0.05) is 25.4 Å². The molecule has 0 bridgehead atoms. The second-order valence-electron chi connectivity index (χ2n) is 6.66. The Labute approximate surface area is 131 Å². The first-order valence-electron chi connectivity index (χ1n) is 8.23. The molecule has 0 aliphatic heterocycles. The first kappa shape index (κ1) is 15.1. The summed E-state index contributed by atoms with van der Waals surface area (Å²) in [6.45, 7) is 0.586. The van der Waals surface area contributed by atoms with E-state index in [4.69, 9.17) is 0 Å². The molecule has 1 aromatic carbocycles. The molecule has 0 aromatic heterocycles. The van der Waals surface area contributed by atoms with E-state index in [2.05, 4.69) is 17.4 Å². The Bertz CT molecular complexity index is 535. The van der Waals surface area contributed by atoms with Crippen LogP contribution in [-0.4, -0.2) is 36.3 Å². The van der Waals surface area contributed by atoms with Crippen molar-refractivity contribution in [2.75, 3.05) is 13.6 Å². The fraction of sp³-hybridized carbons (Fsp3) is 0.556. The van der Waals surface area contributed by atoms with Gasteiger partial charge in [0.25, 0.3) is 0 Å². The number of benzene rings is 1. The number of hydrogen-bond donors (Lipinski definition) is 1. The first-order valence-corrected chi connectivity index (χ1v) is 8.23. The predicted octanol–water partition coefficient (Wildman–Crippen LogP) is 1.99. The van der Waals surface area contributed by atoms with E-state index in [1.54, 1.807) is 4.90 Å². The predicted molar refractivity (Wildman–Crippen MR) is 85.2 cm³/mol. The third kappa shape index (κ3) is 4.09. The molecular weight excluding hydrogens is 276 g/mol. The number of carbonyl (C=O) groups is 2. The number of rotatable bonds is 7. The first-order chi connectivity index (χ1) is 10.6. The molecule has 118 valence electrons. The second-order valence-corrected chi connectivity index (χ2v) is 6.66. The van der Waals surface area contributed by atoms with Crippen molar-refractivity contribution in [1.29, 1.82) is 0 Å². The SMILES string of the molecule is CN(C[C@@H](Cc1ccccc1)NC(=O)C1CC1)C(=O)C1CC1. The quantitative estimate of drug-likeness (QED) is 0.837. The molecule has 0 radical (unpaired) electrons. The second kappa shape index (κ2) is 6.51. The highest BCUT2D eigenvalue weighted by Gasteiger charge is 2.34. The van der Waals surface area contributed by atoms with Gasteiger partial charge in [-0.3, -0.25) is 9.59 Å². The maximum absolute atomic E-state index is 12.1. The molecule has 2 amide bonds. The Balaban J connectivity index is 1.61. The van der Waals surface area contributed by atoms with Crippen LogP contribution in [0.15, 0.2) is 30.3 Å². The van der Waals surface area contributed by atoms with E-state index in [0.717, 1.165) is 32.1 Å². The van der Waals surface area contributed by atoms with Gasteiger partial charge in [0.05, 0.1) is 6.04 Å². The topological polar surface area (TPSA) is 49.4 Å². The van der Waals surface area contributed by atoms with E-state index < -0.39 is 0 Å². The highest BCUT2D eigenvalue weighted by Crippen LogP contribution is 2.31. The summed E-state index contributed by atoms with van der Waals surface area (Å²) in [5.41, 5.74) is 1.19. The third-order valence-electron chi connectivity index (χ3n) is 4.42. The molecule has 2 fully saturated rings. The summed E-state index contributed by atoms with van der Waals surface area (Å²) in [6, 6.07) is 10.1. The zero-order valence-electron chi connectivity index (χ0n) is 13.1. The Kier molecular flexibility index (Phi) is 4.46. The molecule has 4 heteroatoms. The number of nitrogens with zero attached hydrogens (tertiary/aromatic N) is 1. The Morgan fingerprint density at radius 3 is 2.36 bits per heavy atom. The van der Waals surface area contributed by atoms with Crippen molar-refractivity contribution in [3.63, 3.8) is 0 Å². The lowest BCUT2D eigenvalue weighted by atomic mass is 10.0. The maximum atomic E-state index is 12.1. The van der Waals surface area contributed by atoms with Gasteiger partial charge in [0.2, 0.25) is 11.8 Å². The summed E-state index contributed by atoms with van der Waals surface area (Å²) in [5, 5.41) is 3.14. The summed E-state index contributed by atoms with van der Waals surface area (Å²) in [5.74, 6) is 0.788. The third-order valence-corrected chi connectivity index (χ3v) is 4.42. The van der Waals surface area contributed by atoms with Crippen molar-refractivity contribution in [1.82, 2.24) is 10.2 Å². The molecule has 2 saturated carbocycles. The fourth-order valence-electron chi connectivity index (χ4n) is 2.79. The molecule has 22 heavy (non-hydrogen) atoms. The van der Waals surface area contributed by atoms with Crippen LogP contribution < -0.4 is 5.32 Å². The molecule has 1 N–H and O–H groups in total. The largest absolute Gasteiger partial charge is 0.351 e. The van der Waals surface area contributed by atoms with Crippen LogP contribution in [0.25, 0.3) is 0 Å². The van der Waals surface area contributed by atoms with E-state index >= 15 is 0 Å². The Morgan fingerprint density at radius 1 is 1.14 bits per heavy atom. The monoisotopic (exact) mass is 300 g/mol. The van der Waals surface area contributed by atoms with Gasteiger partial charge in [-0.25, -0.2) is 0 Å². The van der Waals surface area contributed by atoms with Gasteiger partial charge >= 0.3 is 0 Å². The van der Waals surface area contributed by atoms with Crippen molar-refractivity contribution in [2.45, 2.75) is 38.1 Å². The van der Waals surface area contributed by atoms with Crippen LogP contribution in [0.4, 0.5) is 0 Å². The molecule has 1 atom stereocenters. The van der Waals surface area contributed by atoms with Gasteiger partial charge in [-0.2, -0.15) is 0 Å². The van der Waals surface area contributed by atoms with Gasteiger partial charge in [0.1, 0.15) is 0 Å². The number of carbonyl (C=O) groups excluding carboxylic acids is 2. The van der Waals surface area contributed by atoms with Crippen LogP contribution in [-0.2, 0) is 16.0 Å². The zero-order valence-corrected chi connectivity index (χ0v) is 13.1. The van der Waals surface area contributed by atoms with Gasteiger partial charge in [-0.05, 0) is 37.7 Å². The lowest BCUT2D eigenvalue weighted by Gasteiger charge is -2.25. The van der Waals surface area contributed by atoms with Crippen LogP contribution in [0.1, 0.15) is 31.2 Å². The number of likely N-dealkylation sites (N-methyl/N-ethyl adjacent to an activating group) is 1. The van der Waals surface area contributed by atoms with Crippen LogP contribution in [0.5, 0.6) is 0 Å². The highest BCUT2D eigenvalue weighted by atomic mass is 16.2. The molecule has 0 saturated heterocycles. The Hall–Kier alpha value is -1.84.